The van der Waals surface area contributed by atoms with E-state index in [1.807, 2.05) is 36.4 Å². The average Bonchev–Trinajstić information content (AvgIpc) is 2.47. The van der Waals surface area contributed by atoms with E-state index in [9.17, 15) is 9.90 Å². The van der Waals surface area contributed by atoms with E-state index in [0.29, 0.717) is 6.54 Å². The third-order valence-corrected chi connectivity index (χ3v) is 2.95. The number of nitrogens with one attached hydrogen (secondary N) is 1. The minimum atomic E-state index is -0.631. The van der Waals surface area contributed by atoms with Crippen molar-refractivity contribution in [1.82, 2.24) is 5.32 Å². The minimum Gasteiger partial charge on any atom is -0.508 e. The number of carbonyl (C=O) groups is 1. The molecule has 104 valence electrons. The predicted octanol–water partition coefficient (Wildman–Crippen LogP) is 2.40. The van der Waals surface area contributed by atoms with Crippen molar-refractivity contribution in [3.63, 3.8) is 0 Å². The number of rotatable bonds is 5. The van der Waals surface area contributed by atoms with Crippen molar-refractivity contribution >= 4 is 5.91 Å². The Kier molecular flexibility index (Phi) is 4.74. The molecule has 0 saturated carbocycles. The highest BCUT2D eigenvalue weighted by Crippen LogP contribution is 2.17. The van der Waals surface area contributed by atoms with E-state index in [2.05, 4.69) is 5.32 Å². The molecule has 0 bridgehead atoms. The second-order valence-corrected chi connectivity index (χ2v) is 4.41. The number of aromatic hydroxyl groups is 1. The maximum absolute atomic E-state index is 12.1. The molecule has 1 amide bonds. The zero-order valence-corrected chi connectivity index (χ0v) is 11.2. The molecule has 0 spiro atoms. The van der Waals surface area contributed by atoms with E-state index in [1.165, 1.54) is 7.11 Å². The summed E-state index contributed by atoms with van der Waals surface area (Å²) in [6, 6.07) is 16.1. The largest absolute Gasteiger partial charge is 0.508 e. The molecular weight excluding hydrogens is 254 g/mol. The Morgan fingerprint density at radius 2 is 1.95 bits per heavy atom. The Labute approximate surface area is 118 Å². The molecular formula is C16H17NO3. The third kappa shape index (κ3) is 3.59. The lowest BCUT2D eigenvalue weighted by Gasteiger charge is -2.15. The smallest absolute Gasteiger partial charge is 0.254 e. The van der Waals surface area contributed by atoms with Crippen molar-refractivity contribution in [2.24, 2.45) is 0 Å². The maximum Gasteiger partial charge on any atom is 0.254 e. The van der Waals surface area contributed by atoms with Gasteiger partial charge in [0.1, 0.15) is 5.75 Å². The monoisotopic (exact) mass is 271 g/mol. The van der Waals surface area contributed by atoms with Crippen LogP contribution in [0.5, 0.6) is 5.75 Å². The van der Waals surface area contributed by atoms with Gasteiger partial charge >= 0.3 is 0 Å². The number of ether oxygens (including phenoxy) is 1. The van der Waals surface area contributed by atoms with Crippen molar-refractivity contribution in [2.45, 2.75) is 12.6 Å². The van der Waals surface area contributed by atoms with Gasteiger partial charge in [0.05, 0.1) is 0 Å². The number of amides is 1. The first-order valence-corrected chi connectivity index (χ1v) is 6.34. The van der Waals surface area contributed by atoms with Crippen LogP contribution in [0.25, 0.3) is 0 Å². The van der Waals surface area contributed by atoms with Crippen LogP contribution >= 0.6 is 0 Å². The molecule has 1 unspecified atom stereocenters. The van der Waals surface area contributed by atoms with Crippen molar-refractivity contribution < 1.29 is 14.6 Å². The van der Waals surface area contributed by atoms with Crippen LogP contribution in [0.3, 0.4) is 0 Å². The summed E-state index contributed by atoms with van der Waals surface area (Å²) >= 11 is 0. The molecule has 0 heterocycles. The van der Waals surface area contributed by atoms with Gasteiger partial charge in [-0.25, -0.2) is 0 Å². The minimum absolute atomic E-state index is 0.183. The number of benzene rings is 2. The fraction of sp³-hybridized carbons (Fsp3) is 0.188. The first-order chi connectivity index (χ1) is 9.70. The summed E-state index contributed by atoms with van der Waals surface area (Å²) in [4.78, 5) is 12.1. The molecule has 4 nitrogen and oxygen atoms in total. The van der Waals surface area contributed by atoms with E-state index in [-0.39, 0.29) is 11.7 Å². The lowest BCUT2D eigenvalue weighted by atomic mass is 10.1. The molecule has 2 aromatic carbocycles. The summed E-state index contributed by atoms with van der Waals surface area (Å²) in [6.07, 6.45) is -0.631. The Morgan fingerprint density at radius 3 is 2.60 bits per heavy atom. The highest BCUT2D eigenvalue weighted by Gasteiger charge is 2.19. The van der Waals surface area contributed by atoms with Crippen molar-refractivity contribution in [1.29, 1.82) is 0 Å². The standard InChI is InChI=1S/C16H17NO3/c1-20-15(13-7-3-2-4-8-13)16(19)17-11-12-6-5-9-14(18)10-12/h2-10,15,18H,11H2,1H3,(H,17,19). The normalized spacial score (nSPS) is 11.8. The van der Waals surface area contributed by atoms with Gasteiger partial charge in [-0.3, -0.25) is 4.79 Å². The Hall–Kier alpha value is -2.33. The summed E-state index contributed by atoms with van der Waals surface area (Å²) < 4.78 is 5.25. The highest BCUT2D eigenvalue weighted by molar-refractivity contribution is 5.82. The van der Waals surface area contributed by atoms with E-state index in [1.54, 1.807) is 18.2 Å². The quantitative estimate of drug-likeness (QED) is 0.878. The average molecular weight is 271 g/mol. The van der Waals surface area contributed by atoms with Gasteiger partial charge in [0.25, 0.3) is 5.91 Å². The number of phenolic OH excluding ortho intramolecular Hbond substituents is 1. The second-order valence-electron chi connectivity index (χ2n) is 4.41. The molecule has 0 saturated heterocycles. The zero-order chi connectivity index (χ0) is 14.4. The van der Waals surface area contributed by atoms with E-state index in [0.717, 1.165) is 11.1 Å². The lowest BCUT2D eigenvalue weighted by molar-refractivity contribution is -0.131. The fourth-order valence-electron chi connectivity index (χ4n) is 1.97. The molecule has 0 aromatic heterocycles. The molecule has 2 N–H and O–H groups in total. The van der Waals surface area contributed by atoms with E-state index >= 15 is 0 Å². The predicted molar refractivity (Wildman–Crippen MR) is 76.1 cm³/mol. The molecule has 0 fully saturated rings. The maximum atomic E-state index is 12.1. The highest BCUT2D eigenvalue weighted by atomic mass is 16.5. The fourth-order valence-corrected chi connectivity index (χ4v) is 1.97. The van der Waals surface area contributed by atoms with Crippen LogP contribution in [0, 0.1) is 0 Å². The van der Waals surface area contributed by atoms with Crippen LogP contribution in [0.15, 0.2) is 54.6 Å². The Bertz CT molecular complexity index is 569. The first-order valence-electron chi connectivity index (χ1n) is 6.34. The van der Waals surface area contributed by atoms with Crippen molar-refractivity contribution in [2.75, 3.05) is 7.11 Å². The third-order valence-electron chi connectivity index (χ3n) is 2.95. The van der Waals surface area contributed by atoms with Gasteiger partial charge in [-0.05, 0) is 23.3 Å². The van der Waals surface area contributed by atoms with E-state index < -0.39 is 6.10 Å². The summed E-state index contributed by atoms with van der Waals surface area (Å²) in [5.74, 6) is -0.0230. The van der Waals surface area contributed by atoms with Gasteiger partial charge in [0.2, 0.25) is 0 Å². The van der Waals surface area contributed by atoms with Crippen LogP contribution in [-0.4, -0.2) is 18.1 Å². The van der Waals surface area contributed by atoms with Crippen molar-refractivity contribution in [3.05, 3.63) is 65.7 Å². The summed E-state index contributed by atoms with van der Waals surface area (Å²) in [6.45, 7) is 0.347. The number of hydrogen-bond donors (Lipinski definition) is 2. The van der Waals surface area contributed by atoms with Gasteiger partial charge in [0, 0.05) is 13.7 Å². The molecule has 0 aliphatic heterocycles. The van der Waals surface area contributed by atoms with Gasteiger partial charge in [-0.1, -0.05) is 42.5 Å². The molecule has 4 heteroatoms. The number of hydrogen-bond acceptors (Lipinski definition) is 3. The van der Waals surface area contributed by atoms with Crippen LogP contribution in [-0.2, 0) is 16.1 Å². The van der Waals surface area contributed by atoms with Gasteiger partial charge in [0.15, 0.2) is 6.10 Å². The summed E-state index contributed by atoms with van der Waals surface area (Å²) in [5.41, 5.74) is 1.64. The number of methoxy groups -OCH3 is 1. The van der Waals surface area contributed by atoms with Crippen LogP contribution in [0.2, 0.25) is 0 Å². The zero-order valence-electron chi connectivity index (χ0n) is 11.2. The van der Waals surface area contributed by atoms with Gasteiger partial charge in [-0.2, -0.15) is 0 Å². The lowest BCUT2D eigenvalue weighted by Crippen LogP contribution is -2.29. The molecule has 2 rings (SSSR count). The van der Waals surface area contributed by atoms with Crippen LogP contribution in [0.1, 0.15) is 17.2 Å². The SMILES string of the molecule is COC(C(=O)NCc1cccc(O)c1)c1ccccc1. The Morgan fingerprint density at radius 1 is 1.20 bits per heavy atom. The van der Waals surface area contributed by atoms with E-state index in [4.69, 9.17) is 4.74 Å². The first kappa shape index (κ1) is 14.1. The van der Waals surface area contributed by atoms with Gasteiger partial charge < -0.3 is 15.2 Å². The molecule has 20 heavy (non-hydrogen) atoms. The second kappa shape index (κ2) is 6.73. The molecule has 0 radical (unpaired) electrons. The van der Waals surface area contributed by atoms with Crippen molar-refractivity contribution in [3.8, 4) is 5.75 Å². The number of carbonyl (C=O) groups excluding carboxylic acids is 1. The topological polar surface area (TPSA) is 58.6 Å². The summed E-state index contributed by atoms with van der Waals surface area (Å²) in [5, 5.41) is 12.2. The molecule has 1 atom stereocenters. The molecule has 0 aliphatic rings. The summed E-state index contributed by atoms with van der Waals surface area (Å²) in [7, 11) is 1.51. The molecule has 0 aliphatic carbocycles. The molecule has 2 aromatic rings. The van der Waals surface area contributed by atoms with Crippen LogP contribution in [0.4, 0.5) is 0 Å². The van der Waals surface area contributed by atoms with Gasteiger partial charge in [-0.15, -0.1) is 0 Å². The van der Waals surface area contributed by atoms with Crippen LogP contribution < -0.4 is 5.32 Å². The Balaban J connectivity index is 2.00. The number of phenols is 1.